The SMILES string of the molecule is CSCc1n[nH]c(=O)[nH]1. The highest BCUT2D eigenvalue weighted by Gasteiger charge is 1.93. The number of nitrogens with zero attached hydrogens (tertiary/aromatic N) is 1. The minimum atomic E-state index is -0.237. The van der Waals surface area contributed by atoms with E-state index in [1.807, 2.05) is 6.26 Å². The molecule has 1 aromatic rings. The molecule has 0 aromatic carbocycles. The second kappa shape index (κ2) is 2.72. The van der Waals surface area contributed by atoms with Crippen molar-refractivity contribution in [3.05, 3.63) is 16.3 Å². The van der Waals surface area contributed by atoms with Crippen LogP contribution in [0.4, 0.5) is 0 Å². The lowest BCUT2D eigenvalue weighted by Gasteiger charge is -1.84. The number of aromatic nitrogens is 3. The molecule has 1 rings (SSSR count). The third kappa shape index (κ3) is 1.60. The lowest BCUT2D eigenvalue weighted by Crippen LogP contribution is -2.00. The summed E-state index contributed by atoms with van der Waals surface area (Å²) >= 11 is 1.62. The van der Waals surface area contributed by atoms with Gasteiger partial charge in [-0.2, -0.15) is 16.9 Å². The second-order valence-corrected chi connectivity index (χ2v) is 2.42. The van der Waals surface area contributed by atoms with Gasteiger partial charge >= 0.3 is 5.69 Å². The molecule has 0 saturated heterocycles. The van der Waals surface area contributed by atoms with Crippen molar-refractivity contribution in [2.45, 2.75) is 5.75 Å². The lowest BCUT2D eigenvalue weighted by molar-refractivity contribution is 1.01. The summed E-state index contributed by atoms with van der Waals surface area (Å²) in [6.07, 6.45) is 1.95. The largest absolute Gasteiger partial charge is 0.340 e. The zero-order valence-electron chi connectivity index (χ0n) is 4.97. The monoisotopic (exact) mass is 145 g/mol. The predicted molar refractivity (Wildman–Crippen MR) is 36.4 cm³/mol. The van der Waals surface area contributed by atoms with Gasteiger partial charge in [0.25, 0.3) is 0 Å². The maximum Gasteiger partial charge on any atom is 0.340 e. The lowest BCUT2D eigenvalue weighted by atomic mass is 10.7. The van der Waals surface area contributed by atoms with Crippen LogP contribution >= 0.6 is 11.8 Å². The van der Waals surface area contributed by atoms with Crippen LogP contribution in [0.3, 0.4) is 0 Å². The number of hydrogen-bond donors (Lipinski definition) is 2. The average Bonchev–Trinajstić information content (AvgIpc) is 2.17. The Morgan fingerprint density at radius 2 is 2.56 bits per heavy atom. The highest BCUT2D eigenvalue weighted by molar-refractivity contribution is 7.97. The number of nitrogens with one attached hydrogen (secondary N) is 2. The first-order valence-corrected chi connectivity index (χ1v) is 3.85. The van der Waals surface area contributed by atoms with Crippen molar-refractivity contribution < 1.29 is 0 Å². The Morgan fingerprint density at radius 3 is 3.00 bits per heavy atom. The molecule has 0 aliphatic rings. The molecule has 5 heteroatoms. The van der Waals surface area contributed by atoms with E-state index < -0.39 is 0 Å². The summed E-state index contributed by atoms with van der Waals surface area (Å²) in [5, 5.41) is 5.97. The van der Waals surface area contributed by atoms with E-state index in [0.29, 0.717) is 5.82 Å². The maximum atomic E-state index is 10.4. The molecular weight excluding hydrogens is 138 g/mol. The first-order chi connectivity index (χ1) is 4.33. The zero-order valence-corrected chi connectivity index (χ0v) is 5.79. The third-order valence-corrected chi connectivity index (χ3v) is 1.39. The summed E-state index contributed by atoms with van der Waals surface area (Å²) in [4.78, 5) is 12.9. The average molecular weight is 145 g/mol. The highest BCUT2D eigenvalue weighted by Crippen LogP contribution is 1.98. The third-order valence-electron chi connectivity index (χ3n) is 0.831. The topological polar surface area (TPSA) is 61.5 Å². The first-order valence-electron chi connectivity index (χ1n) is 2.45. The summed E-state index contributed by atoms with van der Waals surface area (Å²) in [6, 6.07) is 0. The van der Waals surface area contributed by atoms with E-state index in [1.165, 1.54) is 0 Å². The quantitative estimate of drug-likeness (QED) is 0.614. The molecule has 4 nitrogen and oxygen atoms in total. The summed E-state index contributed by atoms with van der Waals surface area (Å²) in [6.45, 7) is 0. The second-order valence-electron chi connectivity index (χ2n) is 1.56. The smallest absolute Gasteiger partial charge is 0.292 e. The predicted octanol–water partition coefficient (Wildman–Crippen LogP) is -0.0390. The molecule has 0 spiro atoms. The van der Waals surface area contributed by atoms with E-state index in [-0.39, 0.29) is 5.69 Å². The molecular formula is C4H7N3OS. The van der Waals surface area contributed by atoms with Gasteiger partial charge in [-0.05, 0) is 6.26 Å². The van der Waals surface area contributed by atoms with Gasteiger partial charge in [0.15, 0.2) is 0 Å². The van der Waals surface area contributed by atoms with Crippen molar-refractivity contribution in [2.75, 3.05) is 6.26 Å². The Kier molecular flexibility index (Phi) is 1.94. The standard InChI is InChI=1S/C4H7N3OS/c1-9-2-3-5-4(8)7-6-3/h2H2,1H3,(H2,5,6,7,8). The molecule has 0 saturated carbocycles. The fourth-order valence-corrected chi connectivity index (χ4v) is 0.920. The van der Waals surface area contributed by atoms with Crippen molar-refractivity contribution in [2.24, 2.45) is 0 Å². The van der Waals surface area contributed by atoms with E-state index >= 15 is 0 Å². The number of rotatable bonds is 2. The number of thioether (sulfide) groups is 1. The van der Waals surface area contributed by atoms with Crippen LogP contribution in [0.1, 0.15) is 5.82 Å². The minimum Gasteiger partial charge on any atom is -0.292 e. The summed E-state index contributed by atoms with van der Waals surface area (Å²) in [7, 11) is 0. The van der Waals surface area contributed by atoms with E-state index in [0.717, 1.165) is 5.75 Å². The Balaban J connectivity index is 2.73. The molecule has 50 valence electrons. The maximum absolute atomic E-state index is 10.4. The molecule has 1 heterocycles. The van der Waals surface area contributed by atoms with Crippen LogP contribution in [-0.4, -0.2) is 21.4 Å². The van der Waals surface area contributed by atoms with Crippen LogP contribution < -0.4 is 5.69 Å². The Hall–Kier alpha value is -0.710. The van der Waals surface area contributed by atoms with Gasteiger partial charge in [0.05, 0.1) is 5.75 Å². The van der Waals surface area contributed by atoms with Crippen LogP contribution in [0.2, 0.25) is 0 Å². The molecule has 0 aliphatic carbocycles. The molecule has 0 radical (unpaired) electrons. The summed E-state index contributed by atoms with van der Waals surface area (Å²) in [5.41, 5.74) is -0.237. The number of hydrogen-bond acceptors (Lipinski definition) is 3. The van der Waals surface area contributed by atoms with Crippen molar-refractivity contribution in [1.82, 2.24) is 15.2 Å². The van der Waals surface area contributed by atoms with E-state index in [1.54, 1.807) is 11.8 Å². The number of H-pyrrole nitrogens is 2. The van der Waals surface area contributed by atoms with Crippen LogP contribution in [0.15, 0.2) is 4.79 Å². The van der Waals surface area contributed by atoms with Gasteiger partial charge in [0.2, 0.25) is 0 Å². The van der Waals surface area contributed by atoms with Crippen LogP contribution in [0.25, 0.3) is 0 Å². The van der Waals surface area contributed by atoms with Gasteiger partial charge < -0.3 is 0 Å². The van der Waals surface area contributed by atoms with Crippen LogP contribution in [0, 0.1) is 0 Å². The summed E-state index contributed by atoms with van der Waals surface area (Å²) in [5.74, 6) is 1.45. The fraction of sp³-hybridized carbons (Fsp3) is 0.500. The summed E-state index contributed by atoms with van der Waals surface area (Å²) < 4.78 is 0. The normalized spacial score (nSPS) is 9.89. The van der Waals surface area contributed by atoms with Gasteiger partial charge in [0, 0.05) is 0 Å². The highest BCUT2D eigenvalue weighted by atomic mass is 32.2. The van der Waals surface area contributed by atoms with E-state index in [4.69, 9.17) is 0 Å². The molecule has 0 aliphatic heterocycles. The van der Waals surface area contributed by atoms with Gasteiger partial charge in [-0.3, -0.25) is 4.98 Å². The molecule has 9 heavy (non-hydrogen) atoms. The van der Waals surface area contributed by atoms with Crippen molar-refractivity contribution in [3.8, 4) is 0 Å². The van der Waals surface area contributed by atoms with Gasteiger partial charge in [0.1, 0.15) is 5.82 Å². The van der Waals surface area contributed by atoms with Crippen molar-refractivity contribution in [1.29, 1.82) is 0 Å². The molecule has 1 aromatic heterocycles. The molecule has 0 atom stereocenters. The molecule has 0 bridgehead atoms. The molecule has 2 N–H and O–H groups in total. The van der Waals surface area contributed by atoms with Gasteiger partial charge in [-0.15, -0.1) is 0 Å². The Labute approximate surface area is 56.1 Å². The van der Waals surface area contributed by atoms with Crippen molar-refractivity contribution in [3.63, 3.8) is 0 Å². The van der Waals surface area contributed by atoms with Crippen LogP contribution in [0.5, 0.6) is 0 Å². The number of aromatic amines is 2. The zero-order chi connectivity index (χ0) is 6.69. The fourth-order valence-electron chi connectivity index (χ4n) is 0.510. The van der Waals surface area contributed by atoms with Crippen LogP contribution in [-0.2, 0) is 5.75 Å². The van der Waals surface area contributed by atoms with Crippen molar-refractivity contribution >= 4 is 11.8 Å². The van der Waals surface area contributed by atoms with Gasteiger partial charge in [-0.1, -0.05) is 0 Å². The minimum absolute atomic E-state index is 0.237. The molecule has 0 unspecified atom stereocenters. The molecule has 0 fully saturated rings. The molecule has 0 amide bonds. The Morgan fingerprint density at radius 1 is 1.78 bits per heavy atom. The van der Waals surface area contributed by atoms with Gasteiger partial charge in [-0.25, -0.2) is 9.89 Å². The van der Waals surface area contributed by atoms with E-state index in [2.05, 4.69) is 15.2 Å². The first kappa shape index (κ1) is 6.41. The van der Waals surface area contributed by atoms with E-state index in [9.17, 15) is 4.79 Å². The Bertz CT molecular complexity index is 228.